The lowest BCUT2D eigenvalue weighted by Gasteiger charge is -2.22. The van der Waals surface area contributed by atoms with Gasteiger partial charge in [0.15, 0.2) is 11.5 Å². The number of ether oxygens (including phenoxy) is 4. The standard InChI is InChI=1S/C11H20O2.C10H15NO3.C2H6/c1-13-11(9-12)8-7-10-5-3-2-4-6-10;1-11-7-5-8(12-2)10(14-4)9(6-7)13-3;1-2/h9-11H,2-8H2,1H3;5-6,11H,1-4H3;1-2H3. The largest absolute Gasteiger partial charge is 0.493 e. The molecular weight excluding hydrogens is 370 g/mol. The van der Waals surface area contributed by atoms with Crippen molar-refractivity contribution in [2.24, 2.45) is 5.92 Å². The van der Waals surface area contributed by atoms with Gasteiger partial charge in [-0.25, -0.2) is 0 Å². The number of hydrogen-bond donors (Lipinski definition) is 1. The predicted molar refractivity (Wildman–Crippen MR) is 120 cm³/mol. The van der Waals surface area contributed by atoms with E-state index in [1.54, 1.807) is 28.4 Å². The van der Waals surface area contributed by atoms with Crippen LogP contribution in [-0.4, -0.2) is 47.9 Å². The molecule has 1 atom stereocenters. The molecule has 0 amide bonds. The molecule has 1 unspecified atom stereocenters. The number of methoxy groups -OCH3 is 4. The Balaban J connectivity index is 0.000000499. The van der Waals surface area contributed by atoms with E-state index >= 15 is 0 Å². The molecular formula is C23H41NO5. The minimum absolute atomic E-state index is 0.165. The van der Waals surface area contributed by atoms with E-state index in [2.05, 4.69) is 5.32 Å². The van der Waals surface area contributed by atoms with Crippen LogP contribution in [0.5, 0.6) is 17.2 Å². The average Bonchev–Trinajstić information content (AvgIpc) is 2.81. The Labute approximate surface area is 177 Å². The molecule has 0 spiro atoms. The monoisotopic (exact) mass is 411 g/mol. The van der Waals surface area contributed by atoms with Gasteiger partial charge in [0.2, 0.25) is 5.75 Å². The van der Waals surface area contributed by atoms with E-state index in [0.29, 0.717) is 17.2 Å². The molecule has 6 nitrogen and oxygen atoms in total. The van der Waals surface area contributed by atoms with Gasteiger partial charge in [-0.2, -0.15) is 0 Å². The third kappa shape index (κ3) is 9.88. The van der Waals surface area contributed by atoms with E-state index in [1.165, 1.54) is 32.1 Å². The third-order valence-electron chi connectivity index (χ3n) is 4.99. The number of carbonyl (C=O) groups excluding carboxylic acids is 1. The van der Waals surface area contributed by atoms with E-state index in [4.69, 9.17) is 18.9 Å². The maximum absolute atomic E-state index is 10.5. The number of benzene rings is 1. The van der Waals surface area contributed by atoms with Gasteiger partial charge in [0.05, 0.1) is 21.3 Å². The summed E-state index contributed by atoms with van der Waals surface area (Å²) >= 11 is 0. The summed E-state index contributed by atoms with van der Waals surface area (Å²) in [5.74, 6) is 2.76. The second kappa shape index (κ2) is 17.0. The first kappa shape index (κ1) is 27.0. The predicted octanol–water partition coefficient (Wildman–Crippen LogP) is 5.34. The molecule has 1 aromatic rings. The van der Waals surface area contributed by atoms with Gasteiger partial charge in [-0.15, -0.1) is 0 Å². The Morgan fingerprint density at radius 3 is 1.93 bits per heavy atom. The molecule has 0 saturated heterocycles. The molecule has 0 heterocycles. The van der Waals surface area contributed by atoms with E-state index < -0.39 is 0 Å². The molecule has 29 heavy (non-hydrogen) atoms. The van der Waals surface area contributed by atoms with Crippen LogP contribution in [0, 0.1) is 5.92 Å². The van der Waals surface area contributed by atoms with Crippen molar-refractivity contribution in [1.82, 2.24) is 0 Å². The van der Waals surface area contributed by atoms with Crippen LogP contribution in [0.25, 0.3) is 0 Å². The molecule has 1 aliphatic rings. The number of aldehydes is 1. The van der Waals surface area contributed by atoms with Gasteiger partial charge in [-0.05, 0) is 18.8 Å². The molecule has 1 aromatic carbocycles. The summed E-state index contributed by atoms with van der Waals surface area (Å²) in [6.45, 7) is 4.00. The second-order valence-corrected chi connectivity index (χ2v) is 6.66. The minimum atomic E-state index is -0.165. The van der Waals surface area contributed by atoms with Crippen molar-refractivity contribution >= 4 is 12.0 Å². The van der Waals surface area contributed by atoms with Gasteiger partial charge in [-0.1, -0.05) is 46.0 Å². The van der Waals surface area contributed by atoms with Crippen molar-refractivity contribution in [2.75, 3.05) is 40.8 Å². The smallest absolute Gasteiger partial charge is 0.203 e. The van der Waals surface area contributed by atoms with E-state index in [9.17, 15) is 4.79 Å². The molecule has 0 radical (unpaired) electrons. The van der Waals surface area contributed by atoms with Gasteiger partial charge in [0.1, 0.15) is 12.4 Å². The van der Waals surface area contributed by atoms with E-state index in [0.717, 1.165) is 30.7 Å². The molecule has 1 saturated carbocycles. The maximum Gasteiger partial charge on any atom is 0.203 e. The van der Waals surface area contributed by atoms with Crippen LogP contribution in [0.1, 0.15) is 58.8 Å². The lowest BCUT2D eigenvalue weighted by atomic mass is 9.85. The highest BCUT2D eigenvalue weighted by Gasteiger charge is 2.15. The first-order valence-corrected chi connectivity index (χ1v) is 10.6. The first-order chi connectivity index (χ1) is 14.1. The summed E-state index contributed by atoms with van der Waals surface area (Å²) in [5.41, 5.74) is 0.916. The second-order valence-electron chi connectivity index (χ2n) is 6.66. The summed E-state index contributed by atoms with van der Waals surface area (Å²) in [6.07, 6.45) is 9.70. The first-order valence-electron chi connectivity index (χ1n) is 10.6. The fraction of sp³-hybridized carbons (Fsp3) is 0.696. The molecule has 168 valence electrons. The molecule has 0 aromatic heterocycles. The van der Waals surface area contributed by atoms with Crippen molar-refractivity contribution in [3.8, 4) is 17.2 Å². The number of nitrogens with one attached hydrogen (secondary N) is 1. The zero-order chi connectivity index (χ0) is 22.1. The van der Waals surface area contributed by atoms with Crippen molar-refractivity contribution < 1.29 is 23.7 Å². The molecule has 1 fully saturated rings. The van der Waals surface area contributed by atoms with Gasteiger partial charge >= 0.3 is 0 Å². The fourth-order valence-corrected chi connectivity index (χ4v) is 3.34. The fourth-order valence-electron chi connectivity index (χ4n) is 3.34. The maximum atomic E-state index is 10.5. The van der Waals surface area contributed by atoms with Gasteiger partial charge in [0, 0.05) is 32.0 Å². The third-order valence-corrected chi connectivity index (χ3v) is 4.99. The van der Waals surface area contributed by atoms with E-state index in [-0.39, 0.29) is 6.10 Å². The number of rotatable bonds is 9. The summed E-state index contributed by atoms with van der Waals surface area (Å²) in [4.78, 5) is 10.5. The Kier molecular flexibility index (Phi) is 15.8. The number of carbonyl (C=O) groups is 1. The summed E-state index contributed by atoms with van der Waals surface area (Å²) in [7, 11) is 8.22. The highest BCUT2D eigenvalue weighted by molar-refractivity contribution is 5.62. The zero-order valence-electron chi connectivity index (χ0n) is 19.4. The minimum Gasteiger partial charge on any atom is -0.493 e. The molecule has 0 aliphatic heterocycles. The quantitative estimate of drug-likeness (QED) is 0.553. The summed E-state index contributed by atoms with van der Waals surface area (Å²) in [6, 6.07) is 3.70. The van der Waals surface area contributed by atoms with Crippen LogP contribution in [0.4, 0.5) is 5.69 Å². The van der Waals surface area contributed by atoms with Crippen LogP contribution in [0.2, 0.25) is 0 Å². The number of anilines is 1. The Morgan fingerprint density at radius 2 is 1.55 bits per heavy atom. The molecule has 1 aliphatic carbocycles. The molecule has 2 rings (SSSR count). The Morgan fingerprint density at radius 1 is 1.00 bits per heavy atom. The highest BCUT2D eigenvalue weighted by Crippen LogP contribution is 2.39. The topological polar surface area (TPSA) is 66.0 Å². The van der Waals surface area contributed by atoms with Crippen LogP contribution in [-0.2, 0) is 9.53 Å². The van der Waals surface area contributed by atoms with Crippen molar-refractivity contribution in [3.63, 3.8) is 0 Å². The van der Waals surface area contributed by atoms with Gasteiger partial charge in [-0.3, -0.25) is 0 Å². The molecule has 6 heteroatoms. The van der Waals surface area contributed by atoms with Crippen LogP contribution in [0.15, 0.2) is 12.1 Å². The van der Waals surface area contributed by atoms with Gasteiger partial charge in [0.25, 0.3) is 0 Å². The van der Waals surface area contributed by atoms with Crippen molar-refractivity contribution in [2.45, 2.75) is 64.9 Å². The van der Waals surface area contributed by atoms with Crippen LogP contribution in [0.3, 0.4) is 0 Å². The lowest BCUT2D eigenvalue weighted by Crippen LogP contribution is -2.15. The Bertz CT molecular complexity index is 519. The Hall–Kier alpha value is -1.95. The van der Waals surface area contributed by atoms with Crippen molar-refractivity contribution in [1.29, 1.82) is 0 Å². The zero-order valence-corrected chi connectivity index (χ0v) is 19.4. The highest BCUT2D eigenvalue weighted by atomic mass is 16.5. The molecule has 1 N–H and O–H groups in total. The normalized spacial score (nSPS) is 14.3. The average molecular weight is 412 g/mol. The van der Waals surface area contributed by atoms with Crippen molar-refractivity contribution in [3.05, 3.63) is 12.1 Å². The van der Waals surface area contributed by atoms with Crippen LogP contribution < -0.4 is 19.5 Å². The number of hydrogen-bond acceptors (Lipinski definition) is 6. The summed E-state index contributed by atoms with van der Waals surface area (Å²) in [5, 5.41) is 3.01. The van der Waals surface area contributed by atoms with Crippen LogP contribution >= 0.6 is 0 Å². The summed E-state index contributed by atoms with van der Waals surface area (Å²) < 4.78 is 20.6. The molecule has 0 bridgehead atoms. The van der Waals surface area contributed by atoms with Gasteiger partial charge < -0.3 is 29.1 Å². The van der Waals surface area contributed by atoms with E-state index in [1.807, 2.05) is 33.0 Å². The lowest BCUT2D eigenvalue weighted by molar-refractivity contribution is -0.116. The SMILES string of the molecule is CC.CNc1cc(OC)c(OC)c(OC)c1.COC(C=O)CCC1CCCCC1.